The number of hydrogen-bond donors (Lipinski definition) is 2. The summed E-state index contributed by atoms with van der Waals surface area (Å²) in [7, 11) is 0. The molecule has 4 aromatic rings. The summed E-state index contributed by atoms with van der Waals surface area (Å²) >= 11 is 0. The number of rotatable bonds is 3. The smallest absolute Gasteiger partial charge is 0.155 e. The minimum atomic E-state index is 0.672. The Kier molecular flexibility index (Phi) is 3.75. The first-order chi connectivity index (χ1) is 12.8. The van der Waals surface area contributed by atoms with E-state index in [9.17, 15) is 0 Å². The van der Waals surface area contributed by atoms with Crippen molar-refractivity contribution in [3.05, 3.63) is 54.1 Å². The van der Waals surface area contributed by atoms with Gasteiger partial charge in [0, 0.05) is 23.3 Å². The van der Waals surface area contributed by atoms with Crippen LogP contribution in [-0.4, -0.2) is 32.4 Å². The number of aryl methyl sites for hydroxylation is 1. The third-order valence-corrected chi connectivity index (χ3v) is 5.67. The Hall–Kier alpha value is -2.66. The lowest BCUT2D eigenvalue weighted by Gasteiger charge is -2.23. The minimum Gasteiger partial charge on any atom is -0.353 e. The Morgan fingerprint density at radius 1 is 1.19 bits per heavy atom. The quantitative estimate of drug-likeness (QED) is 0.592. The lowest BCUT2D eigenvalue weighted by Crippen LogP contribution is -2.26. The molecule has 0 spiro atoms. The summed E-state index contributed by atoms with van der Waals surface area (Å²) in [5, 5.41) is 4.81. The zero-order valence-electron chi connectivity index (χ0n) is 15.0. The molecule has 1 aliphatic heterocycles. The Morgan fingerprint density at radius 2 is 2.08 bits per heavy atom. The first kappa shape index (κ1) is 15.6. The fourth-order valence-corrected chi connectivity index (χ4v) is 4.29. The van der Waals surface area contributed by atoms with E-state index in [2.05, 4.69) is 49.8 Å². The van der Waals surface area contributed by atoms with E-state index in [1.807, 2.05) is 18.6 Å². The number of H-pyrrole nitrogens is 1. The molecule has 0 bridgehead atoms. The van der Waals surface area contributed by atoms with Gasteiger partial charge >= 0.3 is 0 Å². The van der Waals surface area contributed by atoms with E-state index in [0.717, 1.165) is 30.9 Å². The van der Waals surface area contributed by atoms with E-state index < -0.39 is 0 Å². The van der Waals surface area contributed by atoms with Crippen molar-refractivity contribution in [1.29, 1.82) is 0 Å². The summed E-state index contributed by atoms with van der Waals surface area (Å²) in [5.74, 6) is 0.672. The summed E-state index contributed by atoms with van der Waals surface area (Å²) in [4.78, 5) is 12.3. The van der Waals surface area contributed by atoms with E-state index in [0.29, 0.717) is 5.92 Å². The molecule has 0 aliphatic carbocycles. The summed E-state index contributed by atoms with van der Waals surface area (Å²) in [6.45, 7) is 4.48. The predicted molar refractivity (Wildman–Crippen MR) is 105 cm³/mol. The topological polar surface area (TPSA) is 58.0 Å². The van der Waals surface area contributed by atoms with Gasteiger partial charge in [0.1, 0.15) is 0 Å². The summed E-state index contributed by atoms with van der Waals surface area (Å²) in [5.41, 5.74) is 7.19. The number of aromatic amines is 1. The Morgan fingerprint density at radius 3 is 2.92 bits per heavy atom. The zero-order valence-corrected chi connectivity index (χ0v) is 15.0. The van der Waals surface area contributed by atoms with Crippen LogP contribution in [0.4, 0.5) is 0 Å². The van der Waals surface area contributed by atoms with Crippen LogP contribution in [0.15, 0.2) is 43.0 Å². The van der Waals surface area contributed by atoms with Crippen molar-refractivity contribution >= 4 is 16.6 Å². The number of benzene rings is 1. The van der Waals surface area contributed by atoms with Crippen LogP contribution in [0, 0.1) is 0 Å². The Bertz CT molecular complexity index is 1070. The van der Waals surface area contributed by atoms with Crippen LogP contribution >= 0.6 is 0 Å². The molecule has 3 aromatic heterocycles. The maximum atomic E-state index is 4.51. The number of imidazole rings is 1. The van der Waals surface area contributed by atoms with Gasteiger partial charge in [0.25, 0.3) is 0 Å². The van der Waals surface area contributed by atoms with Crippen molar-refractivity contribution in [2.45, 2.75) is 32.1 Å². The summed E-state index contributed by atoms with van der Waals surface area (Å²) in [6, 6.07) is 6.96. The lowest BCUT2D eigenvalue weighted by molar-refractivity contribution is 0.460. The molecule has 1 saturated heterocycles. The molecule has 4 heterocycles. The van der Waals surface area contributed by atoms with E-state index in [-0.39, 0.29) is 0 Å². The van der Waals surface area contributed by atoms with Gasteiger partial charge in [-0.15, -0.1) is 0 Å². The maximum Gasteiger partial charge on any atom is 0.155 e. The van der Waals surface area contributed by atoms with Gasteiger partial charge in [-0.2, -0.15) is 0 Å². The van der Waals surface area contributed by atoms with Crippen molar-refractivity contribution in [3.63, 3.8) is 0 Å². The van der Waals surface area contributed by atoms with Crippen molar-refractivity contribution in [2.24, 2.45) is 0 Å². The molecular weight excluding hydrogens is 322 g/mol. The van der Waals surface area contributed by atoms with Crippen LogP contribution in [0.5, 0.6) is 0 Å². The van der Waals surface area contributed by atoms with E-state index >= 15 is 0 Å². The molecule has 132 valence electrons. The van der Waals surface area contributed by atoms with Gasteiger partial charge < -0.3 is 10.3 Å². The van der Waals surface area contributed by atoms with E-state index in [1.165, 1.54) is 40.6 Å². The van der Waals surface area contributed by atoms with Crippen LogP contribution < -0.4 is 5.32 Å². The van der Waals surface area contributed by atoms with Crippen LogP contribution in [0.25, 0.3) is 27.9 Å². The van der Waals surface area contributed by atoms with Crippen LogP contribution in [0.2, 0.25) is 0 Å². The maximum absolute atomic E-state index is 4.51. The van der Waals surface area contributed by atoms with E-state index in [4.69, 9.17) is 0 Å². The third kappa shape index (κ3) is 2.42. The number of fused-ring (bicyclic) bond motifs is 2. The van der Waals surface area contributed by atoms with E-state index in [1.54, 1.807) is 6.20 Å². The van der Waals surface area contributed by atoms with Crippen molar-refractivity contribution in [3.8, 4) is 11.4 Å². The molecule has 0 unspecified atom stereocenters. The standard InChI is InChI=1S/C21H23N5/c1-2-16-17-11-15(14-5-7-22-8-6-14)3-4-18(17)25-21(16)19-12-24-20-13-23-9-10-26(19)20/h3-4,9-14,22,25H,2,5-8H2,1H3. The van der Waals surface area contributed by atoms with Crippen LogP contribution in [0.1, 0.15) is 36.8 Å². The fraction of sp³-hybridized carbons (Fsp3) is 0.333. The highest BCUT2D eigenvalue weighted by atomic mass is 15.0. The van der Waals surface area contributed by atoms with Crippen molar-refractivity contribution < 1.29 is 0 Å². The molecule has 1 aliphatic rings. The normalized spacial score (nSPS) is 15.9. The molecule has 0 amide bonds. The Balaban J connectivity index is 1.66. The monoisotopic (exact) mass is 345 g/mol. The highest BCUT2D eigenvalue weighted by Gasteiger charge is 2.19. The Labute approximate surface area is 152 Å². The molecule has 5 heteroatoms. The second kappa shape index (κ2) is 6.25. The highest BCUT2D eigenvalue weighted by Crippen LogP contribution is 2.34. The first-order valence-electron chi connectivity index (χ1n) is 9.48. The molecular formula is C21H23N5. The average molecular weight is 345 g/mol. The zero-order chi connectivity index (χ0) is 17.5. The van der Waals surface area contributed by atoms with Gasteiger partial charge in [-0.3, -0.25) is 9.38 Å². The van der Waals surface area contributed by atoms with Gasteiger partial charge in [0.2, 0.25) is 0 Å². The SMILES string of the molecule is CCc1c(-c2cnc3cnccn23)[nH]c2ccc(C3CCNCC3)cc12. The molecule has 26 heavy (non-hydrogen) atoms. The third-order valence-electron chi connectivity index (χ3n) is 5.67. The molecule has 0 saturated carbocycles. The first-order valence-corrected chi connectivity index (χ1v) is 9.48. The number of aromatic nitrogens is 4. The van der Waals surface area contributed by atoms with Gasteiger partial charge in [-0.25, -0.2) is 4.98 Å². The van der Waals surface area contributed by atoms with Gasteiger partial charge in [0.05, 0.1) is 23.8 Å². The van der Waals surface area contributed by atoms with Crippen molar-refractivity contribution in [2.75, 3.05) is 13.1 Å². The van der Waals surface area contributed by atoms with Gasteiger partial charge in [-0.05, 0) is 61.5 Å². The van der Waals surface area contributed by atoms with Crippen LogP contribution in [-0.2, 0) is 6.42 Å². The number of nitrogens with one attached hydrogen (secondary N) is 2. The molecule has 5 rings (SSSR count). The van der Waals surface area contributed by atoms with Crippen molar-refractivity contribution in [1.82, 2.24) is 24.7 Å². The molecule has 0 radical (unpaired) electrons. The van der Waals surface area contributed by atoms with Gasteiger partial charge in [0.15, 0.2) is 5.65 Å². The van der Waals surface area contributed by atoms with Crippen LogP contribution in [0.3, 0.4) is 0 Å². The molecule has 5 nitrogen and oxygen atoms in total. The predicted octanol–water partition coefficient (Wildman–Crippen LogP) is 3.91. The molecule has 0 atom stereocenters. The number of hydrogen-bond acceptors (Lipinski definition) is 3. The molecule has 1 aromatic carbocycles. The largest absolute Gasteiger partial charge is 0.353 e. The molecule has 2 N–H and O–H groups in total. The number of piperidine rings is 1. The second-order valence-electron chi connectivity index (χ2n) is 7.11. The average Bonchev–Trinajstić information content (AvgIpc) is 3.28. The highest BCUT2D eigenvalue weighted by molar-refractivity contribution is 5.91. The van der Waals surface area contributed by atoms with Gasteiger partial charge in [-0.1, -0.05) is 13.0 Å². The summed E-state index contributed by atoms with van der Waals surface area (Å²) in [6.07, 6.45) is 11.0. The summed E-state index contributed by atoms with van der Waals surface area (Å²) < 4.78 is 2.10. The molecule has 1 fully saturated rings. The lowest BCUT2D eigenvalue weighted by atomic mass is 9.89. The fourth-order valence-electron chi connectivity index (χ4n) is 4.29. The second-order valence-corrected chi connectivity index (χ2v) is 7.11. The number of nitrogens with zero attached hydrogens (tertiary/aromatic N) is 3. The minimum absolute atomic E-state index is 0.672.